The molecule has 0 bridgehead atoms. The van der Waals surface area contributed by atoms with Crippen LogP contribution in [0, 0.1) is 17.0 Å². The third-order valence-corrected chi connectivity index (χ3v) is 6.32. The minimum Gasteiger partial charge on any atom is -0.497 e. The van der Waals surface area contributed by atoms with E-state index in [-0.39, 0.29) is 24.0 Å². The first-order valence-corrected chi connectivity index (χ1v) is 11.9. The van der Waals surface area contributed by atoms with Crippen molar-refractivity contribution in [1.82, 2.24) is 10.2 Å². The SMILES string of the molecule is COc1ccc(N2CCN(C(CNC(=O)C(=O)Nc3ccc(C)cc3[N+](=O)[O-])c3ccco3)CC2)cc1. The van der Waals surface area contributed by atoms with Gasteiger partial charge in [0.2, 0.25) is 0 Å². The number of furan rings is 1. The predicted octanol–water partition coefficient (Wildman–Crippen LogP) is 3.12. The number of piperazine rings is 1. The van der Waals surface area contributed by atoms with Crippen LogP contribution in [-0.4, -0.2) is 61.5 Å². The topological polar surface area (TPSA) is 130 Å². The summed E-state index contributed by atoms with van der Waals surface area (Å²) in [7, 11) is 1.64. The van der Waals surface area contributed by atoms with E-state index in [4.69, 9.17) is 9.15 Å². The van der Waals surface area contributed by atoms with Gasteiger partial charge in [-0.1, -0.05) is 6.07 Å². The van der Waals surface area contributed by atoms with E-state index >= 15 is 0 Å². The number of anilines is 2. The van der Waals surface area contributed by atoms with Gasteiger partial charge in [-0.2, -0.15) is 0 Å². The number of nitro groups is 1. The number of hydrogen-bond acceptors (Lipinski definition) is 8. The molecule has 11 heteroatoms. The maximum atomic E-state index is 12.6. The van der Waals surface area contributed by atoms with Crippen molar-refractivity contribution in [2.24, 2.45) is 0 Å². The van der Waals surface area contributed by atoms with Crippen LogP contribution in [0.1, 0.15) is 17.4 Å². The van der Waals surface area contributed by atoms with Gasteiger partial charge in [0.15, 0.2) is 0 Å². The first-order chi connectivity index (χ1) is 17.9. The van der Waals surface area contributed by atoms with E-state index in [9.17, 15) is 19.7 Å². The highest BCUT2D eigenvalue weighted by Crippen LogP contribution is 2.27. The highest BCUT2D eigenvalue weighted by Gasteiger charge is 2.29. The molecule has 1 aliphatic rings. The summed E-state index contributed by atoms with van der Waals surface area (Å²) in [6.45, 7) is 4.82. The number of rotatable bonds is 8. The molecule has 1 aliphatic heterocycles. The molecule has 1 fully saturated rings. The molecule has 194 valence electrons. The summed E-state index contributed by atoms with van der Waals surface area (Å²) in [6.07, 6.45) is 1.57. The Labute approximate surface area is 214 Å². The van der Waals surface area contributed by atoms with Gasteiger partial charge in [0.1, 0.15) is 17.2 Å². The number of nitrogens with zero attached hydrogens (tertiary/aromatic N) is 3. The molecule has 11 nitrogen and oxygen atoms in total. The standard InChI is InChI=1S/C26H29N5O6/c1-18-5-10-21(22(16-18)31(34)35)28-26(33)25(32)27-17-23(24-4-3-15-37-24)30-13-11-29(12-14-30)19-6-8-20(36-2)9-7-19/h3-10,15-16,23H,11-14,17H2,1-2H3,(H,27,32)(H,28,33). The van der Waals surface area contributed by atoms with Crippen molar-refractivity contribution in [2.75, 3.05) is 50.1 Å². The monoisotopic (exact) mass is 507 g/mol. The number of methoxy groups -OCH3 is 1. The average molecular weight is 508 g/mol. The zero-order valence-electron chi connectivity index (χ0n) is 20.7. The number of aryl methyl sites for hydroxylation is 1. The van der Waals surface area contributed by atoms with Gasteiger partial charge in [0.05, 0.1) is 24.3 Å². The van der Waals surface area contributed by atoms with E-state index in [0.29, 0.717) is 11.3 Å². The second-order valence-electron chi connectivity index (χ2n) is 8.69. The molecule has 0 radical (unpaired) electrons. The summed E-state index contributed by atoms with van der Waals surface area (Å²) < 4.78 is 10.9. The molecule has 0 aliphatic carbocycles. The Kier molecular flexibility index (Phi) is 8.04. The quantitative estimate of drug-likeness (QED) is 0.270. The van der Waals surface area contributed by atoms with Crippen LogP contribution in [0.3, 0.4) is 0 Å². The van der Waals surface area contributed by atoms with Crippen LogP contribution in [0.25, 0.3) is 0 Å². The minimum atomic E-state index is -0.977. The first-order valence-electron chi connectivity index (χ1n) is 11.9. The Balaban J connectivity index is 1.37. The molecule has 0 spiro atoms. The number of nitro benzene ring substituents is 1. The zero-order chi connectivity index (χ0) is 26.4. The summed E-state index contributed by atoms with van der Waals surface area (Å²) >= 11 is 0. The third kappa shape index (κ3) is 6.25. The van der Waals surface area contributed by atoms with Gasteiger partial charge in [-0.3, -0.25) is 24.6 Å². The van der Waals surface area contributed by atoms with Gasteiger partial charge in [-0.15, -0.1) is 0 Å². The molecule has 1 unspecified atom stereocenters. The van der Waals surface area contributed by atoms with Crippen molar-refractivity contribution in [1.29, 1.82) is 0 Å². The Bertz CT molecular complexity index is 1240. The molecule has 2 N–H and O–H groups in total. The fourth-order valence-electron chi connectivity index (χ4n) is 4.32. The Morgan fingerprint density at radius 1 is 1.08 bits per heavy atom. The Hall–Kier alpha value is -4.38. The maximum absolute atomic E-state index is 12.6. The number of nitrogens with one attached hydrogen (secondary N) is 2. The fraction of sp³-hybridized carbons (Fsp3) is 0.308. The lowest BCUT2D eigenvalue weighted by Crippen LogP contribution is -2.50. The number of carbonyl (C=O) groups excluding carboxylic acids is 2. The molecular weight excluding hydrogens is 478 g/mol. The van der Waals surface area contributed by atoms with Gasteiger partial charge in [-0.05, 0) is 55.0 Å². The van der Waals surface area contributed by atoms with Gasteiger partial charge in [0.25, 0.3) is 5.69 Å². The van der Waals surface area contributed by atoms with Crippen LogP contribution in [0.4, 0.5) is 17.1 Å². The smallest absolute Gasteiger partial charge is 0.313 e. The van der Waals surface area contributed by atoms with Crippen molar-refractivity contribution < 1.29 is 23.7 Å². The van der Waals surface area contributed by atoms with E-state index in [0.717, 1.165) is 37.6 Å². The van der Waals surface area contributed by atoms with Gasteiger partial charge in [-0.25, -0.2) is 0 Å². The normalized spacial score (nSPS) is 14.6. The van der Waals surface area contributed by atoms with Crippen LogP contribution in [0.15, 0.2) is 65.3 Å². The second-order valence-corrected chi connectivity index (χ2v) is 8.69. The second kappa shape index (κ2) is 11.6. The van der Waals surface area contributed by atoms with Crippen LogP contribution < -0.4 is 20.3 Å². The number of ether oxygens (including phenoxy) is 1. The Morgan fingerprint density at radius 3 is 2.43 bits per heavy atom. The highest BCUT2D eigenvalue weighted by atomic mass is 16.6. The molecule has 2 aromatic carbocycles. The lowest BCUT2D eigenvalue weighted by molar-refractivity contribution is -0.384. The number of amides is 2. The molecule has 1 saturated heterocycles. The molecule has 3 aromatic rings. The lowest BCUT2D eigenvalue weighted by atomic mass is 10.1. The van der Waals surface area contributed by atoms with Crippen molar-refractivity contribution in [3.05, 3.63) is 82.3 Å². The van der Waals surface area contributed by atoms with E-state index in [1.165, 1.54) is 12.1 Å². The van der Waals surface area contributed by atoms with Gasteiger partial charge in [0, 0.05) is 44.5 Å². The van der Waals surface area contributed by atoms with Crippen molar-refractivity contribution in [2.45, 2.75) is 13.0 Å². The van der Waals surface area contributed by atoms with Gasteiger partial charge < -0.3 is 24.7 Å². The molecule has 2 amide bonds. The maximum Gasteiger partial charge on any atom is 0.313 e. The summed E-state index contributed by atoms with van der Waals surface area (Å²) in [5.74, 6) is -0.387. The average Bonchev–Trinajstić information content (AvgIpc) is 3.44. The summed E-state index contributed by atoms with van der Waals surface area (Å²) in [5.41, 5.74) is 1.46. The van der Waals surface area contributed by atoms with E-state index in [2.05, 4.69) is 20.4 Å². The molecular formula is C26H29N5O6. The van der Waals surface area contributed by atoms with Crippen molar-refractivity contribution >= 4 is 28.9 Å². The van der Waals surface area contributed by atoms with Crippen LogP contribution >= 0.6 is 0 Å². The lowest BCUT2D eigenvalue weighted by Gasteiger charge is -2.39. The Morgan fingerprint density at radius 2 is 1.81 bits per heavy atom. The predicted molar refractivity (Wildman–Crippen MR) is 138 cm³/mol. The van der Waals surface area contributed by atoms with Crippen LogP contribution in [-0.2, 0) is 9.59 Å². The number of benzene rings is 2. The number of carbonyl (C=O) groups is 2. The molecule has 2 heterocycles. The summed E-state index contributed by atoms with van der Waals surface area (Å²) in [6, 6.07) is 15.6. The van der Waals surface area contributed by atoms with Gasteiger partial charge >= 0.3 is 11.8 Å². The van der Waals surface area contributed by atoms with Crippen LogP contribution in [0.2, 0.25) is 0 Å². The van der Waals surface area contributed by atoms with E-state index in [1.807, 2.05) is 30.3 Å². The molecule has 4 rings (SSSR count). The van der Waals surface area contributed by atoms with Crippen molar-refractivity contribution in [3.8, 4) is 5.75 Å². The highest BCUT2D eigenvalue weighted by molar-refractivity contribution is 6.39. The fourth-order valence-corrected chi connectivity index (χ4v) is 4.32. The van der Waals surface area contributed by atoms with E-state index in [1.54, 1.807) is 32.4 Å². The largest absolute Gasteiger partial charge is 0.497 e. The molecule has 0 saturated carbocycles. The molecule has 37 heavy (non-hydrogen) atoms. The number of hydrogen-bond donors (Lipinski definition) is 2. The first kappa shape index (κ1) is 25.7. The summed E-state index contributed by atoms with van der Waals surface area (Å²) in [5, 5.41) is 16.3. The summed E-state index contributed by atoms with van der Waals surface area (Å²) in [4.78, 5) is 40.3. The molecule has 1 aromatic heterocycles. The van der Waals surface area contributed by atoms with Crippen molar-refractivity contribution in [3.63, 3.8) is 0 Å². The van der Waals surface area contributed by atoms with E-state index < -0.39 is 16.7 Å². The zero-order valence-corrected chi connectivity index (χ0v) is 20.7. The third-order valence-electron chi connectivity index (χ3n) is 6.32. The van der Waals surface area contributed by atoms with Crippen LogP contribution in [0.5, 0.6) is 5.75 Å². The minimum absolute atomic E-state index is 0.0343. The molecule has 1 atom stereocenters.